The number of carbonyl (C=O) groups is 1. The topological polar surface area (TPSA) is 103 Å². The summed E-state index contributed by atoms with van der Waals surface area (Å²) < 4.78 is 3.86. The molecule has 1 amide bonds. The normalized spacial score (nSPS) is 18.7. The summed E-state index contributed by atoms with van der Waals surface area (Å²) in [5.41, 5.74) is 0.559. The van der Waals surface area contributed by atoms with Gasteiger partial charge < -0.3 is 15.2 Å². The van der Waals surface area contributed by atoms with E-state index in [4.69, 9.17) is 0 Å². The van der Waals surface area contributed by atoms with Crippen LogP contribution in [0, 0.1) is 0 Å². The van der Waals surface area contributed by atoms with Gasteiger partial charge in [-0.3, -0.25) is 9.48 Å². The molecular formula is C18H22N8O. The van der Waals surface area contributed by atoms with Crippen LogP contribution in [0.3, 0.4) is 0 Å². The summed E-state index contributed by atoms with van der Waals surface area (Å²) in [4.78, 5) is 16.7. The molecule has 27 heavy (non-hydrogen) atoms. The van der Waals surface area contributed by atoms with E-state index >= 15 is 0 Å². The fourth-order valence-corrected chi connectivity index (χ4v) is 3.40. The molecule has 0 aliphatic heterocycles. The van der Waals surface area contributed by atoms with Crippen molar-refractivity contribution in [3.8, 4) is 0 Å². The number of hydrogen-bond acceptors (Lipinski definition) is 6. The Balaban J connectivity index is 1.36. The monoisotopic (exact) mass is 366 g/mol. The van der Waals surface area contributed by atoms with Crippen LogP contribution < -0.4 is 10.6 Å². The molecule has 3 heterocycles. The lowest BCUT2D eigenvalue weighted by Gasteiger charge is -2.35. The van der Waals surface area contributed by atoms with Gasteiger partial charge in [0.25, 0.3) is 5.91 Å². The van der Waals surface area contributed by atoms with Crippen LogP contribution in [0.4, 0.5) is 5.82 Å². The highest BCUT2D eigenvalue weighted by molar-refractivity contribution is 5.98. The van der Waals surface area contributed by atoms with Crippen molar-refractivity contribution < 1.29 is 4.79 Å². The van der Waals surface area contributed by atoms with Crippen molar-refractivity contribution >= 4 is 11.7 Å². The molecule has 4 rings (SSSR count). The minimum Gasteiger partial charge on any atom is -0.372 e. The van der Waals surface area contributed by atoms with E-state index in [1.54, 1.807) is 31.6 Å². The first-order valence-corrected chi connectivity index (χ1v) is 8.95. The lowest BCUT2D eigenvalue weighted by atomic mass is 9.79. The van der Waals surface area contributed by atoms with Gasteiger partial charge in [0.15, 0.2) is 5.82 Å². The van der Waals surface area contributed by atoms with Gasteiger partial charge in [-0.1, -0.05) is 0 Å². The van der Waals surface area contributed by atoms with E-state index in [-0.39, 0.29) is 11.9 Å². The number of anilines is 1. The molecule has 2 N–H and O–H groups in total. The first-order valence-electron chi connectivity index (χ1n) is 8.95. The maximum atomic E-state index is 12.5. The van der Waals surface area contributed by atoms with Crippen LogP contribution in [0.15, 0.2) is 36.8 Å². The van der Waals surface area contributed by atoms with Crippen molar-refractivity contribution in [2.75, 3.05) is 12.4 Å². The molecule has 0 atom stereocenters. The largest absolute Gasteiger partial charge is 0.372 e. The van der Waals surface area contributed by atoms with Gasteiger partial charge in [0.2, 0.25) is 0 Å². The molecule has 0 unspecified atom stereocenters. The molecule has 3 aromatic heterocycles. The van der Waals surface area contributed by atoms with Crippen molar-refractivity contribution in [2.45, 2.75) is 31.3 Å². The Kier molecular flexibility index (Phi) is 4.57. The van der Waals surface area contributed by atoms with Gasteiger partial charge in [-0.15, -0.1) is 10.2 Å². The second-order valence-corrected chi connectivity index (χ2v) is 6.73. The van der Waals surface area contributed by atoms with Crippen molar-refractivity contribution in [1.29, 1.82) is 0 Å². The molecule has 0 bridgehead atoms. The van der Waals surface area contributed by atoms with Crippen molar-refractivity contribution in [3.63, 3.8) is 0 Å². The van der Waals surface area contributed by atoms with Gasteiger partial charge in [-0.05, 0) is 31.0 Å². The molecule has 1 saturated carbocycles. The van der Waals surface area contributed by atoms with E-state index < -0.39 is 0 Å². The van der Waals surface area contributed by atoms with Gasteiger partial charge in [0.05, 0.1) is 5.56 Å². The number of hydrogen-bond donors (Lipinski definition) is 2. The minimum atomic E-state index is -0.103. The molecule has 140 valence electrons. The van der Waals surface area contributed by atoms with Crippen LogP contribution in [0.2, 0.25) is 0 Å². The summed E-state index contributed by atoms with van der Waals surface area (Å²) in [5.74, 6) is 2.61. The smallest absolute Gasteiger partial charge is 0.255 e. The Hall–Kier alpha value is -3.23. The Morgan fingerprint density at radius 1 is 1.26 bits per heavy atom. The summed E-state index contributed by atoms with van der Waals surface area (Å²) in [6.45, 7) is 0.594. The third-order valence-electron chi connectivity index (χ3n) is 4.99. The zero-order valence-electron chi connectivity index (χ0n) is 15.3. The molecule has 0 aromatic carbocycles. The lowest BCUT2D eigenvalue weighted by molar-refractivity contribution is 0.0907. The Morgan fingerprint density at radius 3 is 2.85 bits per heavy atom. The number of carbonyl (C=O) groups excluding carboxylic acids is 1. The van der Waals surface area contributed by atoms with Crippen LogP contribution in [-0.4, -0.2) is 48.5 Å². The highest BCUT2D eigenvalue weighted by Crippen LogP contribution is 2.36. The third kappa shape index (κ3) is 3.40. The molecule has 1 fully saturated rings. The van der Waals surface area contributed by atoms with Crippen molar-refractivity contribution in [2.24, 2.45) is 7.05 Å². The summed E-state index contributed by atoms with van der Waals surface area (Å²) >= 11 is 0. The second kappa shape index (κ2) is 7.18. The van der Waals surface area contributed by atoms with Gasteiger partial charge in [-0.2, -0.15) is 5.10 Å². The third-order valence-corrected chi connectivity index (χ3v) is 4.99. The zero-order valence-corrected chi connectivity index (χ0v) is 15.3. The maximum Gasteiger partial charge on any atom is 0.255 e. The van der Waals surface area contributed by atoms with E-state index in [0.29, 0.717) is 23.8 Å². The molecule has 1 aliphatic rings. The number of amides is 1. The van der Waals surface area contributed by atoms with Crippen LogP contribution in [0.25, 0.3) is 0 Å². The van der Waals surface area contributed by atoms with Gasteiger partial charge in [0, 0.05) is 44.6 Å². The number of pyridine rings is 1. The molecular weight excluding hydrogens is 344 g/mol. The maximum absolute atomic E-state index is 12.5. The number of rotatable bonds is 6. The van der Waals surface area contributed by atoms with Crippen LogP contribution in [0.1, 0.15) is 40.8 Å². The second-order valence-electron chi connectivity index (χ2n) is 6.73. The fourth-order valence-electron chi connectivity index (χ4n) is 3.40. The molecule has 0 radical (unpaired) electrons. The number of nitrogens with zero attached hydrogens (tertiary/aromatic N) is 6. The predicted molar refractivity (Wildman–Crippen MR) is 99.3 cm³/mol. The summed E-state index contributed by atoms with van der Waals surface area (Å²) in [7, 11) is 3.74. The van der Waals surface area contributed by atoms with Crippen LogP contribution >= 0.6 is 0 Å². The van der Waals surface area contributed by atoms with E-state index in [2.05, 4.69) is 30.9 Å². The molecule has 0 spiro atoms. The first kappa shape index (κ1) is 17.2. The number of aromatic nitrogens is 6. The Bertz CT molecular complexity index is 927. The lowest BCUT2D eigenvalue weighted by Crippen LogP contribution is -2.44. The van der Waals surface area contributed by atoms with E-state index in [1.165, 1.54) is 0 Å². The van der Waals surface area contributed by atoms with Crippen molar-refractivity contribution in [3.05, 3.63) is 54.0 Å². The minimum absolute atomic E-state index is 0.103. The molecule has 3 aromatic rings. The molecule has 1 aliphatic carbocycles. The van der Waals surface area contributed by atoms with E-state index in [1.807, 2.05) is 28.6 Å². The molecule has 9 heteroatoms. The molecule has 0 saturated heterocycles. The van der Waals surface area contributed by atoms with E-state index in [0.717, 1.165) is 24.5 Å². The number of nitrogens with one attached hydrogen (secondary N) is 2. The van der Waals surface area contributed by atoms with Gasteiger partial charge >= 0.3 is 0 Å². The average Bonchev–Trinajstić information content (AvgIpc) is 3.29. The highest BCUT2D eigenvalue weighted by Gasteiger charge is 2.35. The van der Waals surface area contributed by atoms with Gasteiger partial charge in [0.1, 0.15) is 18.2 Å². The predicted octanol–water partition coefficient (Wildman–Crippen LogP) is 1.17. The SMILES string of the molecule is CNc1ncccc1C(=O)NC1CC(c2nnc(Cn3cccn3)n2C)C1. The Morgan fingerprint density at radius 2 is 2.11 bits per heavy atom. The highest BCUT2D eigenvalue weighted by atomic mass is 16.1. The fraction of sp³-hybridized carbons (Fsp3) is 0.389. The summed E-state index contributed by atoms with van der Waals surface area (Å²) in [6.07, 6.45) is 7.03. The molecule has 9 nitrogen and oxygen atoms in total. The summed E-state index contributed by atoms with van der Waals surface area (Å²) in [5, 5.41) is 18.9. The average molecular weight is 366 g/mol. The van der Waals surface area contributed by atoms with E-state index in [9.17, 15) is 4.79 Å². The quantitative estimate of drug-likeness (QED) is 0.679. The first-order chi connectivity index (χ1) is 13.2. The Labute approximate surface area is 156 Å². The van der Waals surface area contributed by atoms with Crippen LogP contribution in [-0.2, 0) is 13.6 Å². The summed E-state index contributed by atoms with van der Waals surface area (Å²) in [6, 6.07) is 5.56. The standard InChI is InChI=1S/C18H22N8O/c1-19-16-14(5-3-6-20-16)18(27)22-13-9-12(10-13)17-24-23-15(25(17)2)11-26-8-4-7-21-26/h3-8,12-13H,9-11H2,1-2H3,(H,19,20)(H,22,27). The van der Waals surface area contributed by atoms with Crippen LogP contribution in [0.5, 0.6) is 0 Å². The van der Waals surface area contributed by atoms with Crippen molar-refractivity contribution in [1.82, 2.24) is 34.8 Å². The zero-order chi connectivity index (χ0) is 18.8. The van der Waals surface area contributed by atoms with Gasteiger partial charge in [-0.25, -0.2) is 4.98 Å².